The summed E-state index contributed by atoms with van der Waals surface area (Å²) < 4.78 is 0. The largest absolute Gasteiger partial charge is 0.506 e. The number of H-pyrrole nitrogens is 1. The molecular weight excluding hydrogens is 264 g/mol. The van der Waals surface area contributed by atoms with E-state index in [1.807, 2.05) is 0 Å². The van der Waals surface area contributed by atoms with E-state index in [1.54, 1.807) is 0 Å². The van der Waals surface area contributed by atoms with E-state index in [0.29, 0.717) is 0 Å². The lowest BCUT2D eigenvalue weighted by atomic mass is 10.1. The van der Waals surface area contributed by atoms with E-state index < -0.39 is 11.9 Å². The standard InChI is InChI=1S/C13H10N2O5/c16-10-3-1-7(13(19)20)5-9(10)15-12(18)8-2-4-11(17)14-6-8/h1-6,16H,(H,14,17)(H,15,18)(H,19,20). The smallest absolute Gasteiger partial charge is 0.335 e. The number of pyridine rings is 1. The van der Waals surface area contributed by atoms with Crippen molar-refractivity contribution < 1.29 is 19.8 Å². The number of aromatic carboxylic acids is 1. The third kappa shape index (κ3) is 2.83. The van der Waals surface area contributed by atoms with Gasteiger partial charge < -0.3 is 20.5 Å². The summed E-state index contributed by atoms with van der Waals surface area (Å²) in [6.45, 7) is 0. The van der Waals surface area contributed by atoms with Crippen LogP contribution >= 0.6 is 0 Å². The normalized spacial score (nSPS) is 10.0. The molecule has 1 amide bonds. The zero-order valence-electron chi connectivity index (χ0n) is 10.1. The van der Waals surface area contributed by atoms with E-state index in [1.165, 1.54) is 30.5 Å². The Morgan fingerprint density at radius 2 is 1.80 bits per heavy atom. The van der Waals surface area contributed by atoms with Gasteiger partial charge in [-0.3, -0.25) is 9.59 Å². The van der Waals surface area contributed by atoms with Crippen LogP contribution in [0.15, 0.2) is 41.3 Å². The van der Waals surface area contributed by atoms with Crippen LogP contribution in [0.2, 0.25) is 0 Å². The van der Waals surface area contributed by atoms with Gasteiger partial charge in [-0.15, -0.1) is 0 Å². The quantitative estimate of drug-likeness (QED) is 0.623. The molecule has 102 valence electrons. The summed E-state index contributed by atoms with van der Waals surface area (Å²) in [6.07, 6.45) is 1.22. The van der Waals surface area contributed by atoms with Crippen molar-refractivity contribution in [1.29, 1.82) is 0 Å². The first kappa shape index (κ1) is 13.3. The minimum Gasteiger partial charge on any atom is -0.506 e. The van der Waals surface area contributed by atoms with Gasteiger partial charge in [0, 0.05) is 12.3 Å². The van der Waals surface area contributed by atoms with Gasteiger partial charge in [0.2, 0.25) is 5.56 Å². The summed E-state index contributed by atoms with van der Waals surface area (Å²) in [7, 11) is 0. The van der Waals surface area contributed by atoms with Gasteiger partial charge in [0.15, 0.2) is 0 Å². The summed E-state index contributed by atoms with van der Waals surface area (Å²) in [4.78, 5) is 35.9. The zero-order chi connectivity index (χ0) is 14.7. The molecule has 2 rings (SSSR count). The number of anilines is 1. The van der Waals surface area contributed by atoms with E-state index in [-0.39, 0.29) is 28.1 Å². The van der Waals surface area contributed by atoms with Gasteiger partial charge in [-0.2, -0.15) is 0 Å². The molecule has 0 radical (unpaired) electrons. The van der Waals surface area contributed by atoms with Gasteiger partial charge in [-0.05, 0) is 24.3 Å². The Morgan fingerprint density at radius 1 is 1.10 bits per heavy atom. The highest BCUT2D eigenvalue weighted by Gasteiger charge is 2.12. The van der Waals surface area contributed by atoms with Crippen LogP contribution < -0.4 is 10.9 Å². The first-order valence-electron chi connectivity index (χ1n) is 5.54. The number of benzene rings is 1. The van der Waals surface area contributed by atoms with E-state index in [2.05, 4.69) is 10.3 Å². The van der Waals surface area contributed by atoms with Gasteiger partial charge in [0.1, 0.15) is 5.75 Å². The molecule has 4 N–H and O–H groups in total. The molecule has 0 unspecified atom stereocenters. The topological polar surface area (TPSA) is 119 Å². The number of carboxylic acid groups (broad SMARTS) is 1. The number of aromatic nitrogens is 1. The third-order valence-electron chi connectivity index (χ3n) is 2.54. The molecule has 0 saturated carbocycles. The zero-order valence-corrected chi connectivity index (χ0v) is 10.1. The van der Waals surface area contributed by atoms with E-state index in [4.69, 9.17) is 5.11 Å². The molecule has 0 spiro atoms. The lowest BCUT2D eigenvalue weighted by Crippen LogP contribution is -2.15. The summed E-state index contributed by atoms with van der Waals surface area (Å²) >= 11 is 0. The highest BCUT2D eigenvalue weighted by atomic mass is 16.4. The maximum Gasteiger partial charge on any atom is 0.335 e. The molecule has 0 aliphatic rings. The van der Waals surface area contributed by atoms with Crippen LogP contribution in [0.4, 0.5) is 5.69 Å². The first-order chi connectivity index (χ1) is 9.47. The first-order valence-corrected chi connectivity index (χ1v) is 5.54. The Kier molecular flexibility index (Phi) is 3.52. The van der Waals surface area contributed by atoms with Gasteiger partial charge in [-0.25, -0.2) is 4.79 Å². The van der Waals surface area contributed by atoms with Crippen molar-refractivity contribution in [2.24, 2.45) is 0 Å². The number of hydrogen-bond acceptors (Lipinski definition) is 4. The van der Waals surface area contributed by atoms with Crippen molar-refractivity contribution in [1.82, 2.24) is 4.98 Å². The molecule has 0 saturated heterocycles. The monoisotopic (exact) mass is 274 g/mol. The molecule has 0 bridgehead atoms. The lowest BCUT2D eigenvalue weighted by molar-refractivity contribution is 0.0696. The highest BCUT2D eigenvalue weighted by molar-refractivity contribution is 6.05. The Labute approximate surface area is 112 Å². The van der Waals surface area contributed by atoms with Gasteiger partial charge in [-0.1, -0.05) is 0 Å². The van der Waals surface area contributed by atoms with Crippen LogP contribution in [0.5, 0.6) is 5.75 Å². The number of aromatic hydroxyl groups is 1. The lowest BCUT2D eigenvalue weighted by Gasteiger charge is -2.08. The second-order valence-electron chi connectivity index (χ2n) is 3.93. The number of phenols is 1. The second-order valence-corrected chi connectivity index (χ2v) is 3.93. The fourth-order valence-electron chi connectivity index (χ4n) is 1.52. The van der Waals surface area contributed by atoms with Crippen molar-refractivity contribution >= 4 is 17.6 Å². The summed E-state index contributed by atoms with van der Waals surface area (Å²) in [5.41, 5.74) is -0.275. The SMILES string of the molecule is O=C(O)c1ccc(O)c(NC(=O)c2ccc(=O)[nH]c2)c1. The van der Waals surface area contributed by atoms with Crippen molar-refractivity contribution in [2.45, 2.75) is 0 Å². The Balaban J connectivity index is 2.27. The molecule has 0 fully saturated rings. The van der Waals surface area contributed by atoms with Crippen molar-refractivity contribution in [3.05, 3.63) is 58.0 Å². The van der Waals surface area contributed by atoms with Crippen LogP contribution in [0.1, 0.15) is 20.7 Å². The minimum absolute atomic E-state index is 0.0268. The fraction of sp³-hybridized carbons (Fsp3) is 0. The minimum atomic E-state index is -1.18. The number of carbonyl (C=O) groups is 2. The Morgan fingerprint density at radius 3 is 2.40 bits per heavy atom. The van der Waals surface area contributed by atoms with E-state index in [0.717, 1.165) is 6.07 Å². The molecule has 0 atom stereocenters. The number of carbonyl (C=O) groups excluding carboxylic acids is 1. The van der Waals surface area contributed by atoms with Crippen molar-refractivity contribution in [3.63, 3.8) is 0 Å². The predicted molar refractivity (Wildman–Crippen MR) is 70.1 cm³/mol. The molecule has 0 aliphatic carbocycles. The molecule has 1 aromatic carbocycles. The second kappa shape index (κ2) is 5.27. The summed E-state index contributed by atoms with van der Waals surface area (Å²) in [6, 6.07) is 6.02. The summed E-state index contributed by atoms with van der Waals surface area (Å²) in [5, 5.41) is 20.8. The highest BCUT2D eigenvalue weighted by Crippen LogP contribution is 2.24. The third-order valence-corrected chi connectivity index (χ3v) is 2.54. The van der Waals surface area contributed by atoms with E-state index in [9.17, 15) is 19.5 Å². The molecule has 2 aromatic rings. The number of nitrogens with one attached hydrogen (secondary N) is 2. The number of hydrogen-bond donors (Lipinski definition) is 4. The maximum absolute atomic E-state index is 11.9. The van der Waals surface area contributed by atoms with E-state index >= 15 is 0 Å². The molecule has 0 aliphatic heterocycles. The molecular formula is C13H10N2O5. The molecule has 20 heavy (non-hydrogen) atoms. The van der Waals surface area contributed by atoms with Crippen molar-refractivity contribution in [2.75, 3.05) is 5.32 Å². The van der Waals surface area contributed by atoms with Crippen molar-refractivity contribution in [3.8, 4) is 5.75 Å². The Hall–Kier alpha value is -3.09. The number of phenolic OH excluding ortho intramolecular Hbond substituents is 1. The number of amides is 1. The predicted octanol–water partition coefficient (Wildman–Crippen LogP) is 1.03. The summed E-state index contributed by atoms with van der Waals surface area (Å²) in [5.74, 6) is -2.02. The number of rotatable bonds is 3. The van der Waals surface area contributed by atoms with Crippen LogP contribution in [-0.4, -0.2) is 27.1 Å². The van der Waals surface area contributed by atoms with Crippen LogP contribution in [0, 0.1) is 0 Å². The average molecular weight is 274 g/mol. The van der Waals surface area contributed by atoms with Gasteiger partial charge in [0.25, 0.3) is 5.91 Å². The number of carboxylic acids is 1. The van der Waals surface area contributed by atoms with Crippen LogP contribution in [0.3, 0.4) is 0 Å². The number of aromatic amines is 1. The van der Waals surface area contributed by atoms with Gasteiger partial charge in [0.05, 0.1) is 16.8 Å². The van der Waals surface area contributed by atoms with Crippen LogP contribution in [-0.2, 0) is 0 Å². The fourth-order valence-corrected chi connectivity index (χ4v) is 1.52. The van der Waals surface area contributed by atoms with Gasteiger partial charge >= 0.3 is 5.97 Å². The average Bonchev–Trinajstić information content (AvgIpc) is 2.41. The Bertz CT molecular complexity index is 715. The molecule has 1 aromatic heterocycles. The molecule has 1 heterocycles. The molecule has 7 nitrogen and oxygen atoms in total. The maximum atomic E-state index is 11.9. The van der Waals surface area contributed by atoms with Crippen LogP contribution in [0.25, 0.3) is 0 Å². The molecule has 7 heteroatoms.